The summed E-state index contributed by atoms with van der Waals surface area (Å²) < 4.78 is 63.3. The van der Waals surface area contributed by atoms with Gasteiger partial charge in [0, 0.05) is 16.7 Å². The van der Waals surface area contributed by atoms with E-state index >= 15 is 0 Å². The van der Waals surface area contributed by atoms with Gasteiger partial charge in [-0.05, 0) is 42.2 Å². The fourth-order valence-corrected chi connectivity index (χ4v) is 3.63. The van der Waals surface area contributed by atoms with Crippen molar-refractivity contribution in [2.45, 2.75) is 26.9 Å². The fourth-order valence-electron chi connectivity index (χ4n) is 3.63. The van der Waals surface area contributed by atoms with Crippen molar-refractivity contribution in [1.82, 2.24) is 0 Å². The van der Waals surface area contributed by atoms with Gasteiger partial charge in [0.05, 0.1) is 0 Å². The molecule has 0 aliphatic carbocycles. The molecule has 0 heterocycles. The number of rotatable bonds is 6. The first kappa shape index (κ1) is 22.6. The summed E-state index contributed by atoms with van der Waals surface area (Å²) in [4.78, 5) is 0. The molecule has 0 unspecified atom stereocenters. The molecule has 0 N–H and O–H groups in total. The Kier molecular flexibility index (Phi) is 6.50. The summed E-state index contributed by atoms with van der Waals surface area (Å²) in [5.41, 5.74) is 2.83. The number of halogens is 4. The third kappa shape index (κ3) is 4.63. The van der Waals surface area contributed by atoms with E-state index in [9.17, 15) is 17.6 Å². The summed E-state index contributed by atoms with van der Waals surface area (Å²) in [6.07, 6.45) is 0.397. The van der Waals surface area contributed by atoms with E-state index in [2.05, 4.69) is 0 Å². The van der Waals surface area contributed by atoms with Gasteiger partial charge in [-0.25, -0.2) is 17.6 Å². The molecule has 1 nitrogen and oxygen atoms in total. The molecule has 0 radical (unpaired) electrons. The molecule has 0 aromatic heterocycles. The lowest BCUT2D eigenvalue weighted by molar-refractivity contribution is 0.297. The number of hydrogen-bond acceptors (Lipinski definition) is 1. The molecule has 0 fully saturated rings. The molecule has 4 aromatic rings. The molecule has 168 valence electrons. The molecule has 0 amide bonds. The maximum absolute atomic E-state index is 14.8. The third-order valence-corrected chi connectivity index (χ3v) is 5.63. The Morgan fingerprint density at radius 1 is 0.576 bits per heavy atom. The SMILES string of the molecule is CCc1ccc(COc2ccc(-c3ccc(-c4ccc(C)cc4)c(F)c3F)cc2)c(F)c1F. The van der Waals surface area contributed by atoms with E-state index in [4.69, 9.17) is 4.74 Å². The van der Waals surface area contributed by atoms with E-state index in [0.29, 0.717) is 28.9 Å². The largest absolute Gasteiger partial charge is 0.489 e. The fraction of sp³-hybridized carbons (Fsp3) is 0.143. The van der Waals surface area contributed by atoms with Crippen molar-refractivity contribution in [2.24, 2.45) is 0 Å². The van der Waals surface area contributed by atoms with Crippen LogP contribution in [0.1, 0.15) is 23.6 Å². The monoisotopic (exact) mass is 450 g/mol. The standard InChI is InChI=1S/C28H22F4O/c1-3-18-8-9-21(26(30)25(18)29)16-33-22-12-10-20(11-13-22)24-15-14-23(27(31)28(24)32)19-6-4-17(2)5-7-19/h4-15H,3,16H2,1-2H3. The Morgan fingerprint density at radius 2 is 1.06 bits per heavy atom. The van der Waals surface area contributed by atoms with Gasteiger partial charge < -0.3 is 4.74 Å². The molecule has 0 bridgehead atoms. The second kappa shape index (κ2) is 9.49. The molecule has 4 aromatic carbocycles. The Bertz CT molecular complexity index is 1280. The molecule has 0 spiro atoms. The molecule has 0 saturated heterocycles. The van der Waals surface area contributed by atoms with Crippen LogP contribution in [-0.2, 0) is 13.0 Å². The van der Waals surface area contributed by atoms with Gasteiger partial charge in [-0.3, -0.25) is 0 Å². The minimum Gasteiger partial charge on any atom is -0.489 e. The summed E-state index contributed by atoms with van der Waals surface area (Å²) in [6.45, 7) is 3.52. The highest BCUT2D eigenvalue weighted by Gasteiger charge is 2.16. The second-order valence-electron chi connectivity index (χ2n) is 7.83. The lowest BCUT2D eigenvalue weighted by Gasteiger charge is -2.11. The van der Waals surface area contributed by atoms with E-state index in [0.717, 1.165) is 5.56 Å². The van der Waals surface area contributed by atoms with Gasteiger partial charge in [0.1, 0.15) is 12.4 Å². The van der Waals surface area contributed by atoms with Gasteiger partial charge in [0.15, 0.2) is 23.3 Å². The van der Waals surface area contributed by atoms with E-state index in [1.807, 2.05) is 19.1 Å². The highest BCUT2D eigenvalue weighted by atomic mass is 19.2. The van der Waals surface area contributed by atoms with Crippen LogP contribution in [0, 0.1) is 30.2 Å². The van der Waals surface area contributed by atoms with Crippen LogP contribution in [0.15, 0.2) is 72.8 Å². The number of hydrogen-bond donors (Lipinski definition) is 0. The van der Waals surface area contributed by atoms with Crippen molar-refractivity contribution < 1.29 is 22.3 Å². The topological polar surface area (TPSA) is 9.23 Å². The van der Waals surface area contributed by atoms with Crippen molar-refractivity contribution in [1.29, 1.82) is 0 Å². The first-order valence-electron chi connectivity index (χ1n) is 10.6. The van der Waals surface area contributed by atoms with Gasteiger partial charge in [0.25, 0.3) is 0 Å². The summed E-state index contributed by atoms with van der Waals surface area (Å²) in [7, 11) is 0. The predicted molar refractivity (Wildman–Crippen MR) is 122 cm³/mol. The summed E-state index contributed by atoms with van der Waals surface area (Å²) in [5.74, 6) is -3.23. The molecular weight excluding hydrogens is 428 g/mol. The zero-order chi connectivity index (χ0) is 23.5. The Hall–Kier alpha value is -3.60. The van der Waals surface area contributed by atoms with Crippen LogP contribution in [0.25, 0.3) is 22.3 Å². The molecule has 4 rings (SSSR count). The van der Waals surface area contributed by atoms with Crippen molar-refractivity contribution in [3.8, 4) is 28.0 Å². The highest BCUT2D eigenvalue weighted by molar-refractivity contribution is 5.72. The minimum atomic E-state index is -0.935. The Morgan fingerprint density at radius 3 is 1.61 bits per heavy atom. The zero-order valence-electron chi connectivity index (χ0n) is 18.3. The molecule has 0 saturated carbocycles. The van der Waals surface area contributed by atoms with E-state index in [-0.39, 0.29) is 23.3 Å². The molecule has 0 aliphatic rings. The van der Waals surface area contributed by atoms with Crippen LogP contribution in [-0.4, -0.2) is 0 Å². The van der Waals surface area contributed by atoms with Crippen molar-refractivity contribution in [2.75, 3.05) is 0 Å². The predicted octanol–water partition coefficient (Wildman–Crippen LogP) is 8.03. The first-order chi connectivity index (χ1) is 15.9. The second-order valence-corrected chi connectivity index (χ2v) is 7.83. The summed E-state index contributed by atoms with van der Waals surface area (Å²) in [5, 5.41) is 0. The van der Waals surface area contributed by atoms with Gasteiger partial charge in [-0.15, -0.1) is 0 Å². The normalized spacial score (nSPS) is 11.0. The molecule has 33 heavy (non-hydrogen) atoms. The Balaban J connectivity index is 1.52. The smallest absolute Gasteiger partial charge is 0.167 e. The van der Waals surface area contributed by atoms with Crippen LogP contribution in [0.2, 0.25) is 0 Å². The molecular formula is C28H22F4O. The molecule has 5 heteroatoms. The number of aryl methyl sites for hydroxylation is 2. The average molecular weight is 450 g/mol. The number of ether oxygens (including phenoxy) is 1. The third-order valence-electron chi connectivity index (χ3n) is 5.63. The maximum atomic E-state index is 14.8. The van der Waals surface area contributed by atoms with E-state index in [1.54, 1.807) is 49.4 Å². The molecule has 0 atom stereocenters. The van der Waals surface area contributed by atoms with Gasteiger partial charge in [-0.2, -0.15) is 0 Å². The van der Waals surface area contributed by atoms with Crippen molar-refractivity contribution in [3.05, 3.63) is 113 Å². The summed E-state index contributed by atoms with van der Waals surface area (Å²) >= 11 is 0. The van der Waals surface area contributed by atoms with E-state index in [1.165, 1.54) is 18.2 Å². The Labute approximate surface area is 190 Å². The van der Waals surface area contributed by atoms with Crippen LogP contribution in [0.3, 0.4) is 0 Å². The van der Waals surface area contributed by atoms with E-state index < -0.39 is 23.3 Å². The highest BCUT2D eigenvalue weighted by Crippen LogP contribution is 2.32. The first-order valence-corrected chi connectivity index (χ1v) is 10.6. The quantitative estimate of drug-likeness (QED) is 0.270. The average Bonchev–Trinajstić information content (AvgIpc) is 2.83. The maximum Gasteiger partial charge on any atom is 0.167 e. The van der Waals surface area contributed by atoms with Gasteiger partial charge in [-0.1, -0.05) is 73.2 Å². The van der Waals surface area contributed by atoms with Crippen molar-refractivity contribution >= 4 is 0 Å². The van der Waals surface area contributed by atoms with Crippen LogP contribution in [0.5, 0.6) is 5.75 Å². The minimum absolute atomic E-state index is 0.105. The van der Waals surface area contributed by atoms with Crippen LogP contribution < -0.4 is 4.74 Å². The van der Waals surface area contributed by atoms with Gasteiger partial charge in [0.2, 0.25) is 0 Å². The zero-order valence-corrected chi connectivity index (χ0v) is 18.3. The van der Waals surface area contributed by atoms with Crippen LogP contribution >= 0.6 is 0 Å². The summed E-state index contributed by atoms with van der Waals surface area (Å²) in [6, 6.07) is 19.7. The lowest BCUT2D eigenvalue weighted by Crippen LogP contribution is -2.03. The van der Waals surface area contributed by atoms with Gasteiger partial charge >= 0.3 is 0 Å². The lowest BCUT2D eigenvalue weighted by atomic mass is 9.98. The molecule has 0 aliphatic heterocycles. The van der Waals surface area contributed by atoms with Crippen LogP contribution in [0.4, 0.5) is 17.6 Å². The number of benzene rings is 4. The van der Waals surface area contributed by atoms with Crippen molar-refractivity contribution in [3.63, 3.8) is 0 Å².